The summed E-state index contributed by atoms with van der Waals surface area (Å²) < 4.78 is 15.7. The van der Waals surface area contributed by atoms with Gasteiger partial charge in [-0.2, -0.15) is 0 Å². The van der Waals surface area contributed by atoms with Gasteiger partial charge in [0, 0.05) is 12.8 Å². The predicted molar refractivity (Wildman–Crippen MR) is 108 cm³/mol. The largest absolute Gasteiger partial charge is 0.493 e. The van der Waals surface area contributed by atoms with Crippen molar-refractivity contribution in [1.29, 1.82) is 0 Å². The van der Waals surface area contributed by atoms with E-state index in [0.29, 0.717) is 24.3 Å². The van der Waals surface area contributed by atoms with Crippen LogP contribution in [0.5, 0.6) is 11.5 Å². The second kappa shape index (κ2) is 14.8. The zero-order valence-electron chi connectivity index (χ0n) is 16.8. The summed E-state index contributed by atoms with van der Waals surface area (Å²) in [5, 5.41) is 2.24. The fourth-order valence-corrected chi connectivity index (χ4v) is 2.29. The van der Waals surface area contributed by atoms with Crippen LogP contribution in [0.4, 0.5) is 0 Å². The van der Waals surface area contributed by atoms with Crippen molar-refractivity contribution >= 4 is 18.0 Å². The molecule has 0 aromatic heterocycles. The topological polar surface area (TPSA) is 100 Å². The number of ether oxygens (including phenoxy) is 3. The number of benzene rings is 1. The molecule has 0 heterocycles. The molecule has 0 N–H and O–H groups in total. The van der Waals surface area contributed by atoms with Crippen LogP contribution in [0.2, 0.25) is 0 Å². The van der Waals surface area contributed by atoms with Crippen molar-refractivity contribution in [3.05, 3.63) is 46.9 Å². The maximum absolute atomic E-state index is 11.9. The van der Waals surface area contributed by atoms with Crippen LogP contribution in [0.15, 0.2) is 41.8 Å². The van der Waals surface area contributed by atoms with Crippen molar-refractivity contribution in [3.8, 4) is 11.5 Å². The van der Waals surface area contributed by atoms with Crippen molar-refractivity contribution < 1.29 is 28.6 Å². The number of methoxy groups -OCH3 is 1. The molecule has 0 aliphatic rings. The molecule has 0 fully saturated rings. The second-order valence-corrected chi connectivity index (χ2v) is 5.94. The second-order valence-electron chi connectivity index (χ2n) is 5.94. The van der Waals surface area contributed by atoms with Gasteiger partial charge in [-0.25, -0.2) is 0 Å². The number of hydrogen-bond acceptors (Lipinski definition) is 8. The molecular formula is C21H27NO7. The molecule has 1 aromatic rings. The third-order valence-corrected chi connectivity index (χ3v) is 3.72. The average molecular weight is 405 g/mol. The Morgan fingerprint density at radius 2 is 1.86 bits per heavy atom. The van der Waals surface area contributed by atoms with Gasteiger partial charge in [-0.15, -0.1) is 4.91 Å². The van der Waals surface area contributed by atoms with E-state index in [4.69, 9.17) is 14.2 Å². The van der Waals surface area contributed by atoms with Crippen LogP contribution in [0.3, 0.4) is 0 Å². The summed E-state index contributed by atoms with van der Waals surface area (Å²) >= 11 is 0. The van der Waals surface area contributed by atoms with Crippen molar-refractivity contribution in [3.63, 3.8) is 0 Å². The van der Waals surface area contributed by atoms with Crippen molar-refractivity contribution in [2.45, 2.75) is 39.0 Å². The number of rotatable bonds is 14. The maximum Gasteiger partial charge on any atom is 0.311 e. The molecule has 0 saturated carbocycles. The lowest BCUT2D eigenvalue weighted by Gasteiger charge is -2.10. The third kappa shape index (κ3) is 10.7. The Morgan fingerprint density at radius 3 is 2.59 bits per heavy atom. The van der Waals surface area contributed by atoms with Crippen LogP contribution in [-0.2, 0) is 19.2 Å². The maximum atomic E-state index is 11.9. The molecule has 0 aliphatic carbocycles. The summed E-state index contributed by atoms with van der Waals surface area (Å²) in [4.78, 5) is 37.4. The molecule has 0 atom stereocenters. The summed E-state index contributed by atoms with van der Waals surface area (Å²) in [7, 11) is 1.50. The first-order valence-corrected chi connectivity index (χ1v) is 9.37. The number of hydrogen-bond donors (Lipinski definition) is 0. The van der Waals surface area contributed by atoms with Crippen molar-refractivity contribution in [1.82, 2.24) is 0 Å². The zero-order valence-corrected chi connectivity index (χ0v) is 16.8. The lowest BCUT2D eigenvalue weighted by molar-refractivity contribution is -0.142. The highest BCUT2D eigenvalue weighted by atomic mass is 16.7. The van der Waals surface area contributed by atoms with Gasteiger partial charge >= 0.3 is 11.9 Å². The highest BCUT2D eigenvalue weighted by Gasteiger charge is 2.10. The van der Waals surface area contributed by atoms with Gasteiger partial charge in [-0.05, 0) is 50.0 Å². The molecule has 29 heavy (non-hydrogen) atoms. The first kappa shape index (κ1) is 23.9. The van der Waals surface area contributed by atoms with E-state index in [1.807, 2.05) is 19.1 Å². The molecule has 0 saturated heterocycles. The van der Waals surface area contributed by atoms with Crippen LogP contribution in [0, 0.1) is 4.91 Å². The van der Waals surface area contributed by atoms with E-state index in [2.05, 4.69) is 10.2 Å². The highest BCUT2D eigenvalue weighted by molar-refractivity contribution is 5.73. The van der Waals surface area contributed by atoms with Gasteiger partial charge in [-0.3, -0.25) is 9.59 Å². The van der Waals surface area contributed by atoms with E-state index < -0.39 is 5.97 Å². The Kier molecular flexibility index (Phi) is 12.2. The van der Waals surface area contributed by atoms with Gasteiger partial charge in [0.05, 0.1) is 7.11 Å². The first-order valence-electron chi connectivity index (χ1n) is 9.37. The fraction of sp³-hybridized carbons (Fsp3) is 0.429. The monoisotopic (exact) mass is 405 g/mol. The van der Waals surface area contributed by atoms with Gasteiger partial charge in [0.1, 0.15) is 13.2 Å². The molecule has 0 amide bonds. The summed E-state index contributed by atoms with van der Waals surface area (Å²) in [6.45, 7) is 2.13. The standard InChI is InChI=1S/C21H27NO7/c1-3-4-5-6-10-21(24)29-18-13-12-17(16-19(18)26-2)9-7-14-27-20(23)11-8-15-28-22-25/h3-4,7,9,12-13,16H,5-6,8,10-11,14-15H2,1-2H3/b4-3-,9-7+. The van der Waals surface area contributed by atoms with Gasteiger partial charge < -0.3 is 19.0 Å². The Balaban J connectivity index is 2.47. The SMILES string of the molecule is C/C=C\CCCC(=O)Oc1ccc(/C=C/COC(=O)CCCON=O)cc1OC. The molecule has 8 nitrogen and oxygen atoms in total. The third-order valence-electron chi connectivity index (χ3n) is 3.72. The van der Waals surface area contributed by atoms with Crippen LogP contribution in [0.25, 0.3) is 6.08 Å². The van der Waals surface area contributed by atoms with Crippen molar-refractivity contribution in [2.24, 2.45) is 5.34 Å². The molecule has 0 bridgehead atoms. The zero-order chi connectivity index (χ0) is 21.3. The molecule has 0 spiro atoms. The molecule has 158 valence electrons. The van der Waals surface area contributed by atoms with E-state index in [1.54, 1.807) is 30.4 Å². The molecule has 0 unspecified atom stereocenters. The number of unbranched alkanes of at least 4 members (excludes halogenated alkanes) is 1. The number of esters is 2. The highest BCUT2D eigenvalue weighted by Crippen LogP contribution is 2.29. The van der Waals surface area contributed by atoms with Gasteiger partial charge in [0.15, 0.2) is 16.8 Å². The van der Waals surface area contributed by atoms with Gasteiger partial charge in [0.2, 0.25) is 0 Å². The van der Waals surface area contributed by atoms with E-state index in [0.717, 1.165) is 18.4 Å². The Labute approximate surface area is 170 Å². The number of carbonyl (C=O) groups excluding carboxylic acids is 2. The normalized spacial score (nSPS) is 10.8. The number of nitrogens with zero attached hydrogens (tertiary/aromatic N) is 1. The van der Waals surface area contributed by atoms with Gasteiger partial charge in [0.25, 0.3) is 0 Å². The lowest BCUT2D eigenvalue weighted by Crippen LogP contribution is -2.08. The molecule has 1 rings (SSSR count). The lowest BCUT2D eigenvalue weighted by atomic mass is 10.2. The Hall–Kier alpha value is -3.16. The van der Waals surface area contributed by atoms with E-state index >= 15 is 0 Å². The minimum absolute atomic E-state index is 0.0843. The minimum Gasteiger partial charge on any atom is -0.493 e. The minimum atomic E-state index is -0.390. The van der Waals surface area contributed by atoms with Gasteiger partial charge in [-0.1, -0.05) is 24.3 Å². The molecule has 0 radical (unpaired) electrons. The smallest absolute Gasteiger partial charge is 0.311 e. The summed E-state index contributed by atoms with van der Waals surface area (Å²) in [6.07, 6.45) is 9.80. The summed E-state index contributed by atoms with van der Waals surface area (Å²) in [6, 6.07) is 5.16. The van der Waals surface area contributed by atoms with Crippen LogP contribution in [-0.4, -0.2) is 32.3 Å². The van der Waals surface area contributed by atoms with Crippen molar-refractivity contribution in [2.75, 3.05) is 20.3 Å². The molecule has 1 aromatic carbocycles. The fourth-order valence-electron chi connectivity index (χ4n) is 2.29. The molecule has 8 heteroatoms. The van der Waals surface area contributed by atoms with Crippen LogP contribution < -0.4 is 9.47 Å². The first-order chi connectivity index (χ1) is 14.1. The average Bonchev–Trinajstić information content (AvgIpc) is 2.72. The molecule has 0 aliphatic heterocycles. The Morgan fingerprint density at radius 1 is 1.07 bits per heavy atom. The van der Waals surface area contributed by atoms with Crippen LogP contribution >= 0.6 is 0 Å². The quantitative estimate of drug-likeness (QED) is 0.113. The number of allylic oxidation sites excluding steroid dienone is 2. The summed E-state index contributed by atoms with van der Waals surface area (Å²) in [5.41, 5.74) is 0.802. The van der Waals surface area contributed by atoms with E-state index in [1.165, 1.54) is 7.11 Å². The van der Waals surface area contributed by atoms with Crippen LogP contribution in [0.1, 0.15) is 44.6 Å². The van der Waals surface area contributed by atoms with E-state index in [9.17, 15) is 14.5 Å². The Bertz CT molecular complexity index is 713. The number of carbonyl (C=O) groups is 2. The summed E-state index contributed by atoms with van der Waals surface area (Å²) in [5.74, 6) is 0.102. The molecular weight excluding hydrogens is 378 g/mol. The predicted octanol–water partition coefficient (Wildman–Crippen LogP) is 4.38. The van der Waals surface area contributed by atoms with E-state index in [-0.39, 0.29) is 25.6 Å².